The summed E-state index contributed by atoms with van der Waals surface area (Å²) in [6.45, 7) is 0.491. The zero-order chi connectivity index (χ0) is 26.9. The largest absolute Gasteiger partial charge is 0.342 e. The second kappa shape index (κ2) is 10.4. The Labute approximate surface area is 231 Å². The Bertz CT molecular complexity index is 1730. The maximum absolute atomic E-state index is 13.0. The minimum atomic E-state index is -0.476. The van der Waals surface area contributed by atoms with Crippen molar-refractivity contribution in [1.29, 1.82) is 5.41 Å². The van der Waals surface area contributed by atoms with Crippen LogP contribution in [0, 0.1) is 15.5 Å². The summed E-state index contributed by atoms with van der Waals surface area (Å²) in [6, 6.07) is 24.3. The molecule has 2 aliphatic rings. The Balaban J connectivity index is 1.30. The van der Waals surface area contributed by atoms with Crippen molar-refractivity contribution in [2.24, 2.45) is 9.39 Å². The van der Waals surface area contributed by atoms with Crippen molar-refractivity contribution in [3.8, 4) is 0 Å². The van der Waals surface area contributed by atoms with Crippen molar-refractivity contribution in [3.63, 3.8) is 0 Å². The zero-order valence-corrected chi connectivity index (χ0v) is 22.0. The van der Waals surface area contributed by atoms with Crippen LogP contribution in [-0.4, -0.2) is 36.5 Å². The highest BCUT2D eigenvalue weighted by Gasteiger charge is 2.37. The lowest BCUT2D eigenvalue weighted by atomic mass is 10.1. The molecule has 3 heterocycles. The highest BCUT2D eigenvalue weighted by Crippen LogP contribution is 2.34. The summed E-state index contributed by atoms with van der Waals surface area (Å²) >= 11 is 2.60. The first-order valence-electron chi connectivity index (χ1n) is 11.9. The number of carbonyl (C=O) groups excluding carboxylic acids is 1. The molecule has 4 aromatic rings. The zero-order valence-electron chi connectivity index (χ0n) is 20.4. The average Bonchev–Trinajstić information content (AvgIpc) is 3.52. The Kier molecular flexibility index (Phi) is 6.59. The molecule has 1 aromatic heterocycles. The van der Waals surface area contributed by atoms with Gasteiger partial charge >= 0.3 is 0 Å². The van der Waals surface area contributed by atoms with Crippen molar-refractivity contribution in [2.75, 3.05) is 0 Å². The van der Waals surface area contributed by atoms with E-state index >= 15 is 0 Å². The average molecular weight is 553 g/mol. The van der Waals surface area contributed by atoms with E-state index in [0.29, 0.717) is 22.6 Å². The van der Waals surface area contributed by atoms with E-state index in [2.05, 4.69) is 9.39 Å². The van der Waals surface area contributed by atoms with E-state index in [0.717, 1.165) is 39.5 Å². The van der Waals surface area contributed by atoms with Crippen LogP contribution < -0.4 is 0 Å². The van der Waals surface area contributed by atoms with Gasteiger partial charge in [-0.15, -0.1) is 0 Å². The number of hydrogen-bond acceptors (Lipinski definition) is 7. The summed E-state index contributed by atoms with van der Waals surface area (Å²) in [5, 5.41) is 21.8. The lowest BCUT2D eigenvalue weighted by Crippen LogP contribution is -2.41. The molecule has 0 spiro atoms. The van der Waals surface area contributed by atoms with Crippen molar-refractivity contribution in [3.05, 3.63) is 117 Å². The normalized spacial score (nSPS) is 16.0. The summed E-state index contributed by atoms with van der Waals surface area (Å²) in [5.74, 6) is 0.248. The molecule has 0 saturated heterocycles. The fourth-order valence-electron chi connectivity index (χ4n) is 4.41. The number of fused-ring (bicyclic) bond motifs is 2. The first kappa shape index (κ1) is 24.8. The van der Waals surface area contributed by atoms with Crippen LogP contribution in [0.25, 0.3) is 17.0 Å². The number of thioether (sulfide) groups is 1. The van der Waals surface area contributed by atoms with E-state index in [1.165, 1.54) is 23.9 Å². The third-order valence-electron chi connectivity index (χ3n) is 6.32. The third kappa shape index (κ3) is 4.89. The lowest BCUT2D eigenvalue weighted by Gasteiger charge is -2.24. The van der Waals surface area contributed by atoms with Gasteiger partial charge in [-0.25, -0.2) is 4.90 Å². The fraction of sp³-hybridized carbons (Fsp3) is 0.0714. The van der Waals surface area contributed by atoms with Crippen molar-refractivity contribution >= 4 is 68.5 Å². The van der Waals surface area contributed by atoms with Gasteiger partial charge in [-0.05, 0) is 23.3 Å². The number of aromatic nitrogens is 1. The van der Waals surface area contributed by atoms with Crippen LogP contribution in [0.2, 0.25) is 0 Å². The highest BCUT2D eigenvalue weighted by molar-refractivity contribution is 8.18. The van der Waals surface area contributed by atoms with E-state index in [1.54, 1.807) is 23.1 Å². The number of hydrogen-bond donors (Lipinski definition) is 1. The minimum Gasteiger partial charge on any atom is -0.342 e. The summed E-state index contributed by atoms with van der Waals surface area (Å²) < 4.78 is 6.50. The van der Waals surface area contributed by atoms with Gasteiger partial charge in [0.1, 0.15) is 5.84 Å². The summed E-state index contributed by atoms with van der Waals surface area (Å²) in [4.78, 5) is 29.4. The monoisotopic (exact) mass is 552 g/mol. The fourth-order valence-corrected chi connectivity index (χ4v) is 6.21. The van der Waals surface area contributed by atoms with Gasteiger partial charge in [-0.1, -0.05) is 72.4 Å². The second-order valence-electron chi connectivity index (χ2n) is 8.83. The topological polar surface area (TPSA) is 117 Å². The van der Waals surface area contributed by atoms with Gasteiger partial charge in [0.25, 0.3) is 11.6 Å². The summed E-state index contributed by atoms with van der Waals surface area (Å²) in [7, 11) is 0. The molecule has 0 saturated carbocycles. The number of benzene rings is 3. The number of nitro groups is 1. The molecule has 192 valence electrons. The van der Waals surface area contributed by atoms with Crippen molar-refractivity contribution in [2.45, 2.75) is 12.3 Å². The number of nitrogens with one attached hydrogen (secondary N) is 1. The number of non-ortho nitro benzene ring substituents is 1. The van der Waals surface area contributed by atoms with E-state index in [1.807, 2.05) is 65.4 Å². The molecule has 1 amide bonds. The Morgan fingerprint density at radius 2 is 1.74 bits per heavy atom. The Hall–Kier alpha value is -4.48. The molecule has 0 radical (unpaired) electrons. The van der Waals surface area contributed by atoms with Crippen molar-refractivity contribution in [1.82, 2.24) is 9.47 Å². The molecule has 2 aliphatic heterocycles. The smallest absolute Gasteiger partial charge is 0.283 e. The summed E-state index contributed by atoms with van der Waals surface area (Å²) in [5.41, 5.74) is 3.99. The van der Waals surface area contributed by atoms with Gasteiger partial charge < -0.3 is 4.57 Å². The maximum Gasteiger partial charge on any atom is 0.283 e. The second-order valence-corrected chi connectivity index (χ2v) is 10.5. The van der Waals surface area contributed by atoms with Crippen LogP contribution in [-0.2, 0) is 17.1 Å². The quantitative estimate of drug-likeness (QED) is 0.134. The number of carbonyl (C=O) groups is 1. The Morgan fingerprint density at radius 1 is 1.00 bits per heavy atom. The molecule has 11 heteroatoms. The van der Waals surface area contributed by atoms with E-state index in [4.69, 9.17) is 5.41 Å². The van der Waals surface area contributed by atoms with E-state index in [9.17, 15) is 14.9 Å². The van der Waals surface area contributed by atoms with Gasteiger partial charge in [-0.2, -0.15) is 9.39 Å². The van der Waals surface area contributed by atoms with Crippen LogP contribution in [0.1, 0.15) is 16.7 Å². The van der Waals surface area contributed by atoms with Gasteiger partial charge in [0, 0.05) is 47.1 Å². The number of nitro benzene ring substituents is 1. The number of para-hydroxylation sites is 1. The standard InChI is InChI=1S/C28H20N6O3S2/c29-25-23(26(35)30-27-33(25)28(31-39-27)38-17-19-6-2-1-3-7-19)14-20-16-32(24-9-5-4-8-22(20)24)15-18-10-12-21(13-11-18)34(36)37/h1-14,16,29H,15,17H2. The number of aliphatic imine (C=N–C) groups is 1. The molecule has 3 aromatic carbocycles. The first-order valence-corrected chi connectivity index (χ1v) is 13.7. The minimum absolute atomic E-state index is 0.0423. The van der Waals surface area contributed by atoms with Crippen LogP contribution in [0.15, 0.2) is 100 Å². The predicted molar refractivity (Wildman–Crippen MR) is 157 cm³/mol. The number of amides is 1. The SMILES string of the molecule is N=C1C(=Cc2cn(Cc3ccc([N+](=O)[O-])cc3)c3ccccc23)C(=O)N=C2SN=C(SCc3ccccc3)N12. The Morgan fingerprint density at radius 3 is 2.51 bits per heavy atom. The molecule has 1 N–H and O–H groups in total. The third-order valence-corrected chi connectivity index (χ3v) is 8.15. The number of rotatable bonds is 6. The van der Waals surface area contributed by atoms with Gasteiger partial charge in [0.2, 0.25) is 5.17 Å². The molecule has 6 rings (SSSR count). The summed E-state index contributed by atoms with van der Waals surface area (Å²) in [6.07, 6.45) is 3.64. The van der Waals surface area contributed by atoms with Crippen LogP contribution in [0.4, 0.5) is 5.69 Å². The highest BCUT2D eigenvalue weighted by atomic mass is 32.2. The molecule has 0 unspecified atom stereocenters. The molecule has 0 bridgehead atoms. The number of amidine groups is 3. The predicted octanol–water partition coefficient (Wildman–Crippen LogP) is 6.11. The van der Waals surface area contributed by atoms with Gasteiger partial charge in [0.15, 0.2) is 5.17 Å². The van der Waals surface area contributed by atoms with Gasteiger partial charge in [-0.3, -0.25) is 20.3 Å². The lowest BCUT2D eigenvalue weighted by molar-refractivity contribution is -0.384. The molecule has 9 nitrogen and oxygen atoms in total. The van der Waals surface area contributed by atoms with Crippen LogP contribution in [0.3, 0.4) is 0 Å². The van der Waals surface area contributed by atoms with E-state index in [-0.39, 0.29) is 17.1 Å². The van der Waals surface area contributed by atoms with Crippen LogP contribution in [0.5, 0.6) is 0 Å². The molecular weight excluding hydrogens is 532 g/mol. The molecule has 39 heavy (non-hydrogen) atoms. The van der Waals surface area contributed by atoms with Crippen LogP contribution >= 0.6 is 23.7 Å². The molecule has 0 fully saturated rings. The maximum atomic E-state index is 13.0. The van der Waals surface area contributed by atoms with E-state index < -0.39 is 10.8 Å². The molecule has 0 atom stereocenters. The molecule has 0 aliphatic carbocycles. The first-order chi connectivity index (χ1) is 19.0. The van der Waals surface area contributed by atoms with Gasteiger partial charge in [0.05, 0.1) is 22.4 Å². The molecular formula is C28H20N6O3S2. The number of nitrogens with zero attached hydrogens (tertiary/aromatic N) is 5. The van der Waals surface area contributed by atoms with Crippen molar-refractivity contribution < 1.29 is 9.72 Å².